The first-order chi connectivity index (χ1) is 20.5. The van der Waals surface area contributed by atoms with E-state index in [0.29, 0.717) is 36.9 Å². The van der Waals surface area contributed by atoms with Crippen molar-refractivity contribution in [2.75, 3.05) is 6.61 Å². The number of carbonyl (C=O) groups is 2. The van der Waals surface area contributed by atoms with Gasteiger partial charge >= 0.3 is 5.97 Å². The zero-order valence-corrected chi connectivity index (χ0v) is 26.2. The largest absolute Gasteiger partial charge is 0.481 e. The highest BCUT2D eigenvalue weighted by molar-refractivity contribution is 5.85. The average Bonchev–Trinajstić information content (AvgIpc) is 3.00. The molecular weight excluding hydrogens is 528 g/mol. The number of hydrogen-bond acceptors (Lipinski definition) is 5. The second-order valence-corrected chi connectivity index (χ2v) is 15.3. The Morgan fingerprint density at radius 3 is 1.79 bits per heavy atom. The van der Waals surface area contributed by atoms with Gasteiger partial charge in [-0.25, -0.2) is 4.89 Å². The van der Waals surface area contributed by atoms with Gasteiger partial charge in [0, 0.05) is 24.0 Å². The van der Waals surface area contributed by atoms with Crippen molar-refractivity contribution in [2.45, 2.75) is 159 Å². The molecule has 7 nitrogen and oxygen atoms in total. The first-order valence-corrected chi connectivity index (χ1v) is 18.0. The zero-order chi connectivity index (χ0) is 29.3. The van der Waals surface area contributed by atoms with Crippen LogP contribution >= 0.6 is 0 Å². The molecule has 0 spiro atoms. The number of rotatable bonds is 11. The third kappa shape index (κ3) is 9.17. The van der Waals surface area contributed by atoms with Gasteiger partial charge in [0.25, 0.3) is 0 Å². The van der Waals surface area contributed by atoms with Gasteiger partial charge in [-0.2, -0.15) is 0 Å². The van der Waals surface area contributed by atoms with Gasteiger partial charge in [-0.15, -0.1) is 0 Å². The molecule has 5 aliphatic carbocycles. The van der Waals surface area contributed by atoms with Crippen LogP contribution in [-0.2, 0) is 14.5 Å². The maximum absolute atomic E-state index is 13.3. The van der Waals surface area contributed by atoms with E-state index in [-0.39, 0.29) is 17.9 Å². The molecular formula is C35H60N2O5. The van der Waals surface area contributed by atoms with Crippen LogP contribution in [0.4, 0.5) is 0 Å². The van der Waals surface area contributed by atoms with E-state index in [1.54, 1.807) is 0 Å². The van der Waals surface area contributed by atoms with E-state index in [2.05, 4.69) is 10.6 Å². The van der Waals surface area contributed by atoms with Crippen LogP contribution in [0.3, 0.4) is 0 Å². The van der Waals surface area contributed by atoms with E-state index in [9.17, 15) is 20.0 Å². The molecule has 4 N–H and O–H groups in total. The Labute approximate surface area is 254 Å². The predicted octanol–water partition coefficient (Wildman–Crippen LogP) is 7.34. The van der Waals surface area contributed by atoms with Crippen LogP contribution in [0, 0.1) is 41.4 Å². The fraction of sp³-hybridized carbons (Fsp3) is 0.943. The lowest BCUT2D eigenvalue weighted by Crippen LogP contribution is -2.51. The van der Waals surface area contributed by atoms with Crippen molar-refractivity contribution in [1.29, 1.82) is 0 Å². The van der Waals surface area contributed by atoms with E-state index in [1.165, 1.54) is 77.0 Å². The standard InChI is InChI=1S/C35H60N2O5/c38-34(31-17-11-27(22-32(31)35(39)40)20-25-9-5-2-6-10-25)37-30-15-13-29(14-16-30)36-33-18-12-26(21-28(33)23-42-41)19-24-7-3-1-4-8-24/h24-33,36,41H,1-23H2,(H,37,38)(H,39,40). The first-order valence-electron chi connectivity index (χ1n) is 18.0. The Kier molecular flexibility index (Phi) is 12.4. The number of hydrogen-bond donors (Lipinski definition) is 4. The molecule has 0 bridgehead atoms. The number of aliphatic carboxylic acids is 1. The molecule has 5 saturated carbocycles. The molecule has 5 fully saturated rings. The SMILES string of the molecule is O=C(O)C1CC(CC2CCCCC2)CCC1C(=O)NC1CCC(NC2CCC(CC3CCCCC3)CC2COO)CC1. The molecule has 0 aromatic carbocycles. The summed E-state index contributed by atoms with van der Waals surface area (Å²) in [5, 5.41) is 26.6. The van der Waals surface area contributed by atoms with Crippen molar-refractivity contribution >= 4 is 11.9 Å². The highest BCUT2D eigenvalue weighted by Crippen LogP contribution is 2.41. The molecule has 0 aromatic rings. The Hall–Kier alpha value is -1.18. The Morgan fingerprint density at radius 1 is 0.619 bits per heavy atom. The monoisotopic (exact) mass is 588 g/mol. The maximum Gasteiger partial charge on any atom is 0.307 e. The van der Waals surface area contributed by atoms with E-state index < -0.39 is 11.9 Å². The molecule has 0 saturated heterocycles. The van der Waals surface area contributed by atoms with Crippen LogP contribution in [0.25, 0.3) is 0 Å². The predicted molar refractivity (Wildman–Crippen MR) is 165 cm³/mol. The lowest BCUT2D eigenvalue weighted by atomic mass is 9.69. The first kappa shape index (κ1) is 32.2. The smallest absolute Gasteiger partial charge is 0.307 e. The molecule has 42 heavy (non-hydrogen) atoms. The van der Waals surface area contributed by atoms with Gasteiger partial charge in [0.05, 0.1) is 18.4 Å². The van der Waals surface area contributed by atoms with Crippen LogP contribution in [0.15, 0.2) is 0 Å². The van der Waals surface area contributed by atoms with Crippen molar-refractivity contribution < 1.29 is 24.8 Å². The summed E-state index contributed by atoms with van der Waals surface area (Å²) in [6.07, 6.45) is 26.0. The van der Waals surface area contributed by atoms with Crippen LogP contribution in [0.2, 0.25) is 0 Å². The normalized spacial score (nSPS) is 37.3. The van der Waals surface area contributed by atoms with Crippen LogP contribution < -0.4 is 10.6 Å². The topological polar surface area (TPSA) is 108 Å². The van der Waals surface area contributed by atoms with Crippen LogP contribution in [-0.4, -0.2) is 47.0 Å². The maximum atomic E-state index is 13.3. The van der Waals surface area contributed by atoms with Crippen LogP contribution in [0.1, 0.15) is 141 Å². The summed E-state index contributed by atoms with van der Waals surface area (Å²) in [7, 11) is 0. The molecule has 0 heterocycles. The number of carbonyl (C=O) groups excluding carboxylic acids is 1. The summed E-state index contributed by atoms with van der Waals surface area (Å²) in [6.45, 7) is 0.415. The molecule has 0 aromatic heterocycles. The summed E-state index contributed by atoms with van der Waals surface area (Å²) in [5.74, 6) is 1.51. The Morgan fingerprint density at radius 2 is 1.19 bits per heavy atom. The minimum Gasteiger partial charge on any atom is -0.481 e. The van der Waals surface area contributed by atoms with E-state index in [4.69, 9.17) is 4.89 Å². The van der Waals surface area contributed by atoms with E-state index >= 15 is 0 Å². The molecule has 5 aliphatic rings. The van der Waals surface area contributed by atoms with Crippen molar-refractivity contribution in [3.8, 4) is 0 Å². The minimum atomic E-state index is -0.786. The van der Waals surface area contributed by atoms with Gasteiger partial charge in [0.1, 0.15) is 0 Å². The van der Waals surface area contributed by atoms with E-state index in [0.717, 1.165) is 75.5 Å². The molecule has 7 heteroatoms. The third-order valence-electron chi connectivity index (χ3n) is 12.3. The molecule has 5 rings (SSSR count). The zero-order valence-electron chi connectivity index (χ0n) is 26.2. The van der Waals surface area contributed by atoms with Gasteiger partial charge in [0.2, 0.25) is 5.91 Å². The molecule has 1 amide bonds. The summed E-state index contributed by atoms with van der Waals surface area (Å²) in [6, 6.07) is 0.963. The van der Waals surface area contributed by atoms with Crippen LogP contribution in [0.5, 0.6) is 0 Å². The fourth-order valence-corrected chi connectivity index (χ4v) is 9.94. The summed E-state index contributed by atoms with van der Waals surface area (Å²) in [4.78, 5) is 30.2. The minimum absolute atomic E-state index is 0.0219. The van der Waals surface area contributed by atoms with Crippen molar-refractivity contribution in [1.82, 2.24) is 10.6 Å². The van der Waals surface area contributed by atoms with Crippen molar-refractivity contribution in [3.63, 3.8) is 0 Å². The van der Waals surface area contributed by atoms with Gasteiger partial charge in [-0.1, -0.05) is 64.2 Å². The molecule has 0 radical (unpaired) electrons. The lowest BCUT2D eigenvalue weighted by Gasteiger charge is -2.41. The second-order valence-electron chi connectivity index (χ2n) is 15.3. The van der Waals surface area contributed by atoms with Gasteiger partial charge in [-0.05, 0) is 101 Å². The van der Waals surface area contributed by atoms with Crippen molar-refractivity contribution in [2.24, 2.45) is 41.4 Å². The number of carboxylic acid groups (broad SMARTS) is 1. The molecule has 240 valence electrons. The number of nitrogens with one attached hydrogen (secondary N) is 2. The lowest BCUT2D eigenvalue weighted by molar-refractivity contribution is -0.254. The van der Waals surface area contributed by atoms with Gasteiger partial charge in [0.15, 0.2) is 0 Å². The highest BCUT2D eigenvalue weighted by Gasteiger charge is 2.41. The Bertz CT molecular complexity index is 833. The highest BCUT2D eigenvalue weighted by atomic mass is 17.1. The number of carboxylic acids is 1. The quantitative estimate of drug-likeness (QED) is 0.149. The Balaban J connectivity index is 1.04. The van der Waals surface area contributed by atoms with Crippen molar-refractivity contribution in [3.05, 3.63) is 0 Å². The number of amides is 1. The van der Waals surface area contributed by atoms with E-state index in [1.807, 2.05) is 0 Å². The second kappa shape index (κ2) is 16.2. The van der Waals surface area contributed by atoms with Gasteiger partial charge in [-0.3, -0.25) is 14.8 Å². The third-order valence-corrected chi connectivity index (χ3v) is 12.3. The van der Waals surface area contributed by atoms with Gasteiger partial charge < -0.3 is 15.7 Å². The molecule has 6 unspecified atom stereocenters. The summed E-state index contributed by atoms with van der Waals surface area (Å²) < 4.78 is 0. The summed E-state index contributed by atoms with van der Waals surface area (Å²) in [5.41, 5.74) is 0. The molecule has 0 aliphatic heterocycles. The average molecular weight is 589 g/mol. The molecule has 6 atom stereocenters. The summed E-state index contributed by atoms with van der Waals surface area (Å²) >= 11 is 0. The fourth-order valence-electron chi connectivity index (χ4n) is 9.94.